The normalized spacial score (nSPS) is 38.2. The predicted molar refractivity (Wildman–Crippen MR) is 115 cm³/mol. The molecule has 0 N–H and O–H groups in total. The zero-order valence-electron chi connectivity index (χ0n) is 18.5. The number of rotatable bonds is 14. The fourth-order valence-electron chi connectivity index (χ4n) is 7.58. The molecule has 4 aliphatic rings. The molecule has 0 spiro atoms. The molecule has 0 aromatic rings. The molecule has 2 nitrogen and oxygen atoms in total. The lowest BCUT2D eigenvalue weighted by Crippen LogP contribution is -2.58. The van der Waals surface area contributed by atoms with Crippen molar-refractivity contribution in [1.82, 2.24) is 0 Å². The molecule has 6 unspecified atom stereocenters. The predicted octanol–water partition coefficient (Wildman–Crippen LogP) is 7.22. The third-order valence-electron chi connectivity index (χ3n) is 9.27. The monoisotopic (exact) mass is 392 g/mol. The maximum atomic E-state index is 7.00. The van der Waals surface area contributed by atoms with Crippen LogP contribution in [0.15, 0.2) is 0 Å². The Hall–Kier alpha value is 0.137. The van der Waals surface area contributed by atoms with Crippen molar-refractivity contribution in [2.24, 2.45) is 22.7 Å². The zero-order valence-corrected chi connectivity index (χ0v) is 19.5. The maximum Gasteiger partial charge on any atom is 0.345 e. The van der Waals surface area contributed by atoms with E-state index in [4.69, 9.17) is 8.85 Å². The van der Waals surface area contributed by atoms with Crippen molar-refractivity contribution in [1.29, 1.82) is 0 Å². The highest BCUT2D eigenvalue weighted by atomic mass is 28.4. The summed E-state index contributed by atoms with van der Waals surface area (Å²) in [6.45, 7) is 10.9. The number of hydrogen-bond donors (Lipinski definition) is 0. The Kier molecular flexibility index (Phi) is 5.87. The van der Waals surface area contributed by atoms with Gasteiger partial charge in [0.15, 0.2) is 0 Å². The Morgan fingerprint density at radius 2 is 1.22 bits per heavy atom. The van der Waals surface area contributed by atoms with Crippen LogP contribution < -0.4 is 0 Å². The highest BCUT2D eigenvalue weighted by molar-refractivity contribution is 6.71. The summed E-state index contributed by atoms with van der Waals surface area (Å²) < 4.78 is 14.0. The third-order valence-corrected chi connectivity index (χ3v) is 14.4. The number of fused-ring (bicyclic) bond motifs is 2. The first-order valence-electron chi connectivity index (χ1n) is 12.4. The standard InChI is InChI=1S/C24H44O2Si/c1-5-9-11-21(23-15-13-19(23)17-23)27(25-7-3,26-8-4)22(12-10-6-2)24-16-14-20(24)18-24/h19-22H,5-18H2,1-4H3. The Labute approximate surface area is 169 Å². The molecule has 4 fully saturated rings. The van der Waals surface area contributed by atoms with Gasteiger partial charge in [-0.1, -0.05) is 39.5 Å². The van der Waals surface area contributed by atoms with Crippen LogP contribution in [-0.4, -0.2) is 21.8 Å². The first-order chi connectivity index (χ1) is 13.1. The first-order valence-corrected chi connectivity index (χ1v) is 14.4. The molecule has 0 heterocycles. The fourth-order valence-corrected chi connectivity index (χ4v) is 13.7. The molecule has 4 saturated carbocycles. The van der Waals surface area contributed by atoms with Gasteiger partial charge in [0.05, 0.1) is 0 Å². The summed E-state index contributed by atoms with van der Waals surface area (Å²) in [5.74, 6) is 2.04. The van der Waals surface area contributed by atoms with E-state index in [1.165, 1.54) is 77.0 Å². The average molecular weight is 393 g/mol. The van der Waals surface area contributed by atoms with E-state index in [9.17, 15) is 0 Å². The SMILES string of the molecule is CCCCC(C12CCC1C2)[Si](OCC)(OCC)C(CCCC)C12CCC1C2. The van der Waals surface area contributed by atoms with Crippen LogP contribution in [0.1, 0.15) is 105 Å². The number of hydrogen-bond acceptors (Lipinski definition) is 2. The minimum absolute atomic E-state index is 0.640. The van der Waals surface area contributed by atoms with E-state index in [2.05, 4.69) is 27.7 Å². The van der Waals surface area contributed by atoms with Crippen LogP contribution in [0, 0.1) is 22.7 Å². The largest absolute Gasteiger partial charge is 0.394 e. The van der Waals surface area contributed by atoms with Gasteiger partial charge < -0.3 is 8.85 Å². The van der Waals surface area contributed by atoms with Crippen LogP contribution in [0.4, 0.5) is 0 Å². The van der Waals surface area contributed by atoms with Gasteiger partial charge in [0.1, 0.15) is 0 Å². The van der Waals surface area contributed by atoms with Gasteiger partial charge in [-0.15, -0.1) is 0 Å². The smallest absolute Gasteiger partial charge is 0.345 e. The quantitative estimate of drug-likeness (QED) is 0.290. The lowest BCUT2D eigenvalue weighted by atomic mass is 9.79. The Morgan fingerprint density at radius 1 is 0.778 bits per heavy atom. The molecule has 0 amide bonds. The average Bonchev–Trinajstić information content (AvgIpc) is 3.39. The summed E-state index contributed by atoms with van der Waals surface area (Å²) >= 11 is 0. The molecule has 6 atom stereocenters. The lowest BCUT2D eigenvalue weighted by molar-refractivity contribution is 0.101. The van der Waals surface area contributed by atoms with Crippen LogP contribution in [0.5, 0.6) is 0 Å². The van der Waals surface area contributed by atoms with Crippen LogP contribution >= 0.6 is 0 Å². The molecule has 0 saturated heterocycles. The van der Waals surface area contributed by atoms with Gasteiger partial charge in [0.2, 0.25) is 0 Å². The van der Waals surface area contributed by atoms with E-state index in [0.717, 1.165) is 36.1 Å². The molecule has 156 valence electrons. The fraction of sp³-hybridized carbons (Fsp3) is 1.00. The second kappa shape index (κ2) is 7.76. The first kappa shape index (κ1) is 20.4. The van der Waals surface area contributed by atoms with Crippen molar-refractivity contribution in [3.63, 3.8) is 0 Å². The molecule has 27 heavy (non-hydrogen) atoms. The van der Waals surface area contributed by atoms with Gasteiger partial charge in [0, 0.05) is 24.3 Å². The maximum absolute atomic E-state index is 7.00. The molecule has 4 aliphatic carbocycles. The summed E-state index contributed by atoms with van der Waals surface area (Å²) in [6, 6.07) is 0. The highest BCUT2D eigenvalue weighted by Crippen LogP contribution is 2.81. The van der Waals surface area contributed by atoms with Crippen LogP contribution in [0.25, 0.3) is 0 Å². The highest BCUT2D eigenvalue weighted by Gasteiger charge is 2.77. The van der Waals surface area contributed by atoms with Gasteiger partial charge in [-0.2, -0.15) is 0 Å². The second-order valence-corrected chi connectivity index (χ2v) is 13.7. The van der Waals surface area contributed by atoms with Gasteiger partial charge in [-0.05, 0) is 87.9 Å². The van der Waals surface area contributed by atoms with E-state index >= 15 is 0 Å². The third kappa shape index (κ3) is 3.10. The van der Waals surface area contributed by atoms with E-state index in [1.807, 2.05) is 0 Å². The van der Waals surface area contributed by atoms with Crippen LogP contribution in [-0.2, 0) is 8.85 Å². The molecule has 0 aromatic carbocycles. The summed E-state index contributed by atoms with van der Waals surface area (Å²) in [5, 5.41) is 0. The Morgan fingerprint density at radius 3 is 1.44 bits per heavy atom. The molecular weight excluding hydrogens is 348 g/mol. The van der Waals surface area contributed by atoms with Crippen molar-refractivity contribution in [2.45, 2.75) is 116 Å². The number of unbranched alkanes of at least 4 members (excludes halogenated alkanes) is 2. The van der Waals surface area contributed by atoms with Crippen LogP contribution in [0.3, 0.4) is 0 Å². The molecular formula is C24H44O2Si. The van der Waals surface area contributed by atoms with Crippen molar-refractivity contribution >= 4 is 8.56 Å². The van der Waals surface area contributed by atoms with Gasteiger partial charge in [-0.3, -0.25) is 0 Å². The second-order valence-electron chi connectivity index (χ2n) is 10.3. The minimum atomic E-state index is -2.26. The molecule has 3 heteroatoms. The molecule has 0 radical (unpaired) electrons. The van der Waals surface area contributed by atoms with Crippen molar-refractivity contribution < 1.29 is 8.85 Å². The van der Waals surface area contributed by atoms with Gasteiger partial charge in [0.25, 0.3) is 0 Å². The van der Waals surface area contributed by atoms with E-state index in [-0.39, 0.29) is 0 Å². The van der Waals surface area contributed by atoms with E-state index in [0.29, 0.717) is 10.8 Å². The summed E-state index contributed by atoms with van der Waals surface area (Å²) in [7, 11) is -2.26. The van der Waals surface area contributed by atoms with Gasteiger partial charge >= 0.3 is 8.56 Å². The minimum Gasteiger partial charge on any atom is -0.394 e. The summed E-state index contributed by atoms with van der Waals surface area (Å²) in [5.41, 5.74) is 2.81. The van der Waals surface area contributed by atoms with E-state index in [1.54, 1.807) is 0 Å². The topological polar surface area (TPSA) is 18.5 Å². The van der Waals surface area contributed by atoms with E-state index < -0.39 is 8.56 Å². The molecule has 0 aromatic heterocycles. The van der Waals surface area contributed by atoms with Crippen molar-refractivity contribution in [2.75, 3.05) is 13.2 Å². The molecule has 4 rings (SSSR count). The Bertz CT molecular complexity index is 469. The summed E-state index contributed by atoms with van der Waals surface area (Å²) in [6.07, 6.45) is 17.0. The van der Waals surface area contributed by atoms with Crippen LogP contribution in [0.2, 0.25) is 11.1 Å². The Balaban J connectivity index is 1.69. The summed E-state index contributed by atoms with van der Waals surface area (Å²) in [4.78, 5) is 0. The lowest BCUT2D eigenvalue weighted by Gasteiger charge is -2.52. The van der Waals surface area contributed by atoms with Crippen molar-refractivity contribution in [3.8, 4) is 0 Å². The van der Waals surface area contributed by atoms with Crippen molar-refractivity contribution in [3.05, 3.63) is 0 Å². The zero-order chi connectivity index (χ0) is 19.1. The van der Waals surface area contributed by atoms with Gasteiger partial charge in [-0.25, -0.2) is 0 Å². The molecule has 0 bridgehead atoms. The molecule has 0 aliphatic heterocycles.